The first kappa shape index (κ1) is 11.3. The molecule has 94 valence electrons. The van der Waals surface area contributed by atoms with E-state index in [2.05, 4.69) is 11.1 Å². The molecule has 1 aromatic carbocycles. The van der Waals surface area contributed by atoms with Crippen LogP contribution in [0.4, 0.5) is 5.13 Å². The van der Waals surface area contributed by atoms with Crippen LogP contribution in [0.3, 0.4) is 0 Å². The zero-order valence-corrected chi connectivity index (χ0v) is 10.7. The Bertz CT molecular complexity index is 554. The smallest absolute Gasteiger partial charge is 0.180 e. The molecule has 0 bridgehead atoms. The fourth-order valence-electron chi connectivity index (χ4n) is 1.95. The molecule has 0 fully saturated rings. The molecule has 18 heavy (non-hydrogen) atoms. The van der Waals surface area contributed by atoms with Crippen molar-refractivity contribution >= 4 is 16.5 Å². The van der Waals surface area contributed by atoms with E-state index in [1.165, 1.54) is 16.9 Å². The molecule has 1 aliphatic heterocycles. The average molecular weight is 262 g/mol. The van der Waals surface area contributed by atoms with Gasteiger partial charge in [0, 0.05) is 5.38 Å². The van der Waals surface area contributed by atoms with E-state index in [4.69, 9.17) is 15.2 Å². The maximum absolute atomic E-state index is 5.61. The highest BCUT2D eigenvalue weighted by molar-refractivity contribution is 7.13. The summed E-state index contributed by atoms with van der Waals surface area (Å²) in [5, 5.41) is 2.64. The van der Waals surface area contributed by atoms with E-state index in [-0.39, 0.29) is 0 Å². The number of benzene rings is 1. The molecule has 0 saturated carbocycles. The maximum atomic E-state index is 5.61. The molecule has 2 aromatic rings. The van der Waals surface area contributed by atoms with E-state index in [9.17, 15) is 0 Å². The summed E-state index contributed by atoms with van der Waals surface area (Å²) in [6.07, 6.45) is 1.83. The lowest BCUT2D eigenvalue weighted by molar-refractivity contribution is 0.171. The number of hydrogen-bond acceptors (Lipinski definition) is 5. The Morgan fingerprint density at radius 2 is 2.00 bits per heavy atom. The molecule has 0 atom stereocenters. The first-order valence-corrected chi connectivity index (χ1v) is 6.77. The monoisotopic (exact) mass is 262 g/mol. The highest BCUT2D eigenvalue weighted by Crippen LogP contribution is 2.31. The fourth-order valence-corrected chi connectivity index (χ4v) is 2.55. The molecule has 4 nitrogen and oxygen atoms in total. The minimum absolute atomic E-state index is 0.624. The number of anilines is 1. The van der Waals surface area contributed by atoms with Crippen LogP contribution in [0.2, 0.25) is 0 Å². The lowest BCUT2D eigenvalue weighted by Gasteiger charge is -2.18. The second kappa shape index (κ2) is 4.86. The molecular weight excluding hydrogens is 248 g/mol. The van der Waals surface area contributed by atoms with Crippen molar-refractivity contribution < 1.29 is 9.47 Å². The molecular formula is C13H14N2O2S. The summed E-state index contributed by atoms with van der Waals surface area (Å²) >= 11 is 1.48. The number of rotatable bonds is 3. The number of nitrogens with zero attached hydrogens (tertiary/aromatic N) is 1. The van der Waals surface area contributed by atoms with Gasteiger partial charge in [-0.2, -0.15) is 0 Å². The second-order valence-electron chi connectivity index (χ2n) is 4.16. The largest absolute Gasteiger partial charge is 0.486 e. The third-order valence-corrected chi connectivity index (χ3v) is 3.57. The van der Waals surface area contributed by atoms with Crippen molar-refractivity contribution in [2.75, 3.05) is 18.9 Å². The average Bonchev–Trinajstić information content (AvgIpc) is 2.82. The first-order valence-electron chi connectivity index (χ1n) is 5.90. The lowest BCUT2D eigenvalue weighted by atomic mass is 10.1. The number of nitrogens with two attached hydrogens (primary N) is 1. The van der Waals surface area contributed by atoms with Crippen molar-refractivity contribution in [3.05, 3.63) is 34.8 Å². The number of hydrogen-bond donors (Lipinski definition) is 1. The van der Waals surface area contributed by atoms with Gasteiger partial charge in [-0.15, -0.1) is 11.3 Å². The standard InChI is InChI=1S/C13H14N2O2S/c14-13-15-10(8-18-13)3-1-9-2-4-11-12(7-9)17-6-5-16-11/h2,4,7-8H,1,3,5-6H2,(H2,14,15). The summed E-state index contributed by atoms with van der Waals surface area (Å²) in [7, 11) is 0. The number of aromatic nitrogens is 1. The number of nitrogen functional groups attached to an aromatic ring is 1. The van der Waals surface area contributed by atoms with Gasteiger partial charge in [0.2, 0.25) is 0 Å². The van der Waals surface area contributed by atoms with Gasteiger partial charge in [-0.1, -0.05) is 6.07 Å². The minimum atomic E-state index is 0.624. The van der Waals surface area contributed by atoms with Crippen molar-refractivity contribution in [2.24, 2.45) is 0 Å². The molecule has 5 heteroatoms. The molecule has 0 radical (unpaired) electrons. The highest BCUT2D eigenvalue weighted by Gasteiger charge is 2.11. The van der Waals surface area contributed by atoms with E-state index < -0.39 is 0 Å². The topological polar surface area (TPSA) is 57.4 Å². The number of thiazole rings is 1. The molecule has 0 unspecified atom stereocenters. The van der Waals surface area contributed by atoms with E-state index in [1.807, 2.05) is 17.5 Å². The van der Waals surface area contributed by atoms with Crippen molar-refractivity contribution in [3.63, 3.8) is 0 Å². The van der Waals surface area contributed by atoms with Crippen LogP contribution in [-0.4, -0.2) is 18.2 Å². The lowest BCUT2D eigenvalue weighted by Crippen LogP contribution is -2.15. The van der Waals surface area contributed by atoms with Gasteiger partial charge in [-0.25, -0.2) is 4.98 Å². The van der Waals surface area contributed by atoms with Gasteiger partial charge in [0.1, 0.15) is 13.2 Å². The number of fused-ring (bicyclic) bond motifs is 1. The van der Waals surface area contributed by atoms with E-state index in [0.29, 0.717) is 18.3 Å². The van der Waals surface area contributed by atoms with Crippen molar-refractivity contribution in [2.45, 2.75) is 12.8 Å². The molecule has 0 spiro atoms. The van der Waals surface area contributed by atoms with Crippen molar-refractivity contribution in [3.8, 4) is 11.5 Å². The van der Waals surface area contributed by atoms with Crippen molar-refractivity contribution in [1.82, 2.24) is 4.98 Å². The van der Waals surface area contributed by atoms with E-state index in [1.54, 1.807) is 0 Å². The Hall–Kier alpha value is -1.75. The van der Waals surface area contributed by atoms with Gasteiger partial charge in [0.25, 0.3) is 0 Å². The Labute approximate surface area is 109 Å². The Morgan fingerprint density at radius 3 is 2.78 bits per heavy atom. The summed E-state index contributed by atoms with van der Waals surface area (Å²) in [4.78, 5) is 4.25. The maximum Gasteiger partial charge on any atom is 0.180 e. The van der Waals surface area contributed by atoms with Crippen molar-refractivity contribution in [1.29, 1.82) is 0 Å². The van der Waals surface area contributed by atoms with Gasteiger partial charge in [0.05, 0.1) is 5.69 Å². The number of ether oxygens (including phenoxy) is 2. The van der Waals surface area contributed by atoms with E-state index in [0.717, 1.165) is 30.0 Å². The van der Waals surface area contributed by atoms with Crippen LogP contribution in [0, 0.1) is 0 Å². The Balaban J connectivity index is 1.69. The first-order chi connectivity index (χ1) is 8.81. The fraction of sp³-hybridized carbons (Fsp3) is 0.308. The molecule has 1 aromatic heterocycles. The highest BCUT2D eigenvalue weighted by atomic mass is 32.1. The van der Waals surface area contributed by atoms with Crippen LogP contribution in [0.5, 0.6) is 11.5 Å². The van der Waals surface area contributed by atoms with Gasteiger partial charge in [-0.3, -0.25) is 0 Å². The molecule has 0 saturated heterocycles. The molecule has 2 heterocycles. The minimum Gasteiger partial charge on any atom is -0.486 e. The quantitative estimate of drug-likeness (QED) is 0.922. The zero-order chi connectivity index (χ0) is 12.4. The van der Waals surface area contributed by atoms with E-state index >= 15 is 0 Å². The van der Waals surface area contributed by atoms with Gasteiger partial charge >= 0.3 is 0 Å². The third-order valence-electron chi connectivity index (χ3n) is 2.85. The summed E-state index contributed by atoms with van der Waals surface area (Å²) in [6.45, 7) is 1.25. The predicted molar refractivity (Wildman–Crippen MR) is 71.4 cm³/mol. The molecule has 2 N–H and O–H groups in total. The van der Waals surface area contributed by atoms with Gasteiger partial charge in [0.15, 0.2) is 16.6 Å². The molecule has 0 aliphatic carbocycles. The third kappa shape index (κ3) is 2.41. The van der Waals surface area contributed by atoms with Crippen LogP contribution < -0.4 is 15.2 Å². The summed E-state index contributed by atoms with van der Waals surface area (Å²) in [5.74, 6) is 1.68. The van der Waals surface area contributed by atoms with Crippen LogP contribution >= 0.6 is 11.3 Å². The van der Waals surface area contributed by atoms with Gasteiger partial charge < -0.3 is 15.2 Å². The predicted octanol–water partition coefficient (Wildman–Crippen LogP) is 2.28. The Morgan fingerprint density at radius 1 is 1.17 bits per heavy atom. The summed E-state index contributed by atoms with van der Waals surface area (Å²) in [5.41, 5.74) is 7.89. The zero-order valence-electron chi connectivity index (χ0n) is 9.89. The normalized spacial score (nSPS) is 13.6. The van der Waals surface area contributed by atoms with Crippen LogP contribution in [0.25, 0.3) is 0 Å². The van der Waals surface area contributed by atoms with Gasteiger partial charge in [-0.05, 0) is 30.5 Å². The van der Waals surface area contributed by atoms with Crippen LogP contribution in [0.1, 0.15) is 11.3 Å². The van der Waals surface area contributed by atoms with Crippen LogP contribution in [0.15, 0.2) is 23.6 Å². The molecule has 3 rings (SSSR count). The Kier molecular flexibility index (Phi) is 3.06. The second-order valence-corrected chi connectivity index (χ2v) is 5.04. The number of aryl methyl sites for hydroxylation is 2. The molecule has 0 amide bonds. The molecule has 1 aliphatic rings. The van der Waals surface area contributed by atoms with Crippen LogP contribution in [-0.2, 0) is 12.8 Å². The summed E-state index contributed by atoms with van der Waals surface area (Å²) in [6, 6.07) is 6.09. The summed E-state index contributed by atoms with van der Waals surface area (Å²) < 4.78 is 11.1. The SMILES string of the molecule is Nc1nc(CCc2ccc3c(c2)OCCO3)cs1.